The number of rotatable bonds is 5. The van der Waals surface area contributed by atoms with Gasteiger partial charge in [-0.3, -0.25) is 4.79 Å². The summed E-state index contributed by atoms with van der Waals surface area (Å²) in [5.74, 6) is -0.331. The molecule has 0 heterocycles. The van der Waals surface area contributed by atoms with Crippen molar-refractivity contribution >= 4 is 5.97 Å². The molecule has 0 fully saturated rings. The molecule has 0 aromatic heterocycles. The summed E-state index contributed by atoms with van der Waals surface area (Å²) >= 11 is 0. The molecule has 0 bridgehead atoms. The first-order chi connectivity index (χ1) is 5.20. The molecule has 1 atom stereocenters. The van der Waals surface area contributed by atoms with Crippen molar-refractivity contribution in [3.05, 3.63) is 0 Å². The molecule has 11 heavy (non-hydrogen) atoms. The van der Waals surface area contributed by atoms with Crippen LogP contribution in [0.3, 0.4) is 0 Å². The average molecular weight is 162 g/mol. The number of esters is 1. The van der Waals surface area contributed by atoms with Crippen LogP contribution in [-0.4, -0.2) is 36.0 Å². The van der Waals surface area contributed by atoms with E-state index < -0.39 is 6.10 Å². The van der Waals surface area contributed by atoms with E-state index in [0.717, 1.165) is 0 Å². The second-order valence-corrected chi connectivity index (χ2v) is 2.28. The van der Waals surface area contributed by atoms with Crippen molar-refractivity contribution < 1.29 is 19.7 Å². The molecule has 0 radical (unpaired) electrons. The lowest BCUT2D eigenvalue weighted by molar-refractivity contribution is -0.141. The van der Waals surface area contributed by atoms with E-state index in [0.29, 0.717) is 12.8 Å². The van der Waals surface area contributed by atoms with Gasteiger partial charge in [0.2, 0.25) is 0 Å². The van der Waals surface area contributed by atoms with E-state index in [9.17, 15) is 4.79 Å². The van der Waals surface area contributed by atoms with Crippen LogP contribution >= 0.6 is 0 Å². The number of hydrogen-bond acceptors (Lipinski definition) is 4. The van der Waals surface area contributed by atoms with E-state index in [1.54, 1.807) is 0 Å². The van der Waals surface area contributed by atoms with Gasteiger partial charge < -0.3 is 14.9 Å². The highest BCUT2D eigenvalue weighted by Crippen LogP contribution is 2.01. The molecule has 66 valence electrons. The summed E-state index contributed by atoms with van der Waals surface area (Å²) in [6.45, 7) is -0.0532. The smallest absolute Gasteiger partial charge is 0.305 e. The quantitative estimate of drug-likeness (QED) is 0.544. The Hall–Kier alpha value is -0.610. The SMILES string of the molecule is COC(=O)CCC(O)CCO. The molecule has 0 aromatic carbocycles. The molecule has 0 spiro atoms. The van der Waals surface area contributed by atoms with E-state index in [2.05, 4.69) is 4.74 Å². The minimum Gasteiger partial charge on any atom is -0.469 e. The van der Waals surface area contributed by atoms with Gasteiger partial charge in [-0.1, -0.05) is 0 Å². The molecule has 2 N–H and O–H groups in total. The molecule has 0 rings (SSSR count). The Labute approximate surface area is 65.8 Å². The summed E-state index contributed by atoms with van der Waals surface area (Å²) in [4.78, 5) is 10.5. The van der Waals surface area contributed by atoms with Crippen LogP contribution in [0.15, 0.2) is 0 Å². The van der Waals surface area contributed by atoms with Crippen molar-refractivity contribution in [3.63, 3.8) is 0 Å². The molecule has 0 aliphatic heterocycles. The molecule has 0 saturated carbocycles. The third-order valence-electron chi connectivity index (χ3n) is 1.37. The average Bonchev–Trinajstić information content (AvgIpc) is 2.01. The maximum Gasteiger partial charge on any atom is 0.305 e. The molecular formula is C7H14O4. The molecule has 0 aromatic rings. The van der Waals surface area contributed by atoms with Crippen LogP contribution in [0, 0.1) is 0 Å². The second-order valence-electron chi connectivity index (χ2n) is 2.28. The third kappa shape index (κ3) is 5.82. The number of aliphatic hydroxyl groups is 2. The minimum absolute atomic E-state index is 0.0532. The Morgan fingerprint density at radius 1 is 1.55 bits per heavy atom. The van der Waals surface area contributed by atoms with Gasteiger partial charge in [0.05, 0.1) is 13.2 Å². The zero-order valence-corrected chi connectivity index (χ0v) is 6.62. The first-order valence-electron chi connectivity index (χ1n) is 3.56. The standard InChI is InChI=1S/C7H14O4/c1-11-7(10)3-2-6(9)4-5-8/h6,8-9H,2-5H2,1H3. The van der Waals surface area contributed by atoms with Gasteiger partial charge in [0, 0.05) is 13.0 Å². The summed E-state index contributed by atoms with van der Waals surface area (Å²) in [6.07, 6.45) is 0.279. The van der Waals surface area contributed by atoms with Gasteiger partial charge in [0.1, 0.15) is 0 Å². The maximum atomic E-state index is 10.5. The summed E-state index contributed by atoms with van der Waals surface area (Å²) < 4.78 is 4.37. The molecule has 0 saturated heterocycles. The number of carbonyl (C=O) groups excluding carboxylic acids is 1. The normalized spacial score (nSPS) is 12.6. The van der Waals surface area contributed by atoms with Crippen LogP contribution < -0.4 is 0 Å². The Balaban J connectivity index is 3.29. The van der Waals surface area contributed by atoms with E-state index in [1.165, 1.54) is 7.11 Å². The Kier molecular flexibility index (Phi) is 5.78. The molecule has 0 amide bonds. The van der Waals surface area contributed by atoms with E-state index in [-0.39, 0.29) is 19.0 Å². The van der Waals surface area contributed by atoms with Crippen LogP contribution in [0.25, 0.3) is 0 Å². The molecule has 0 aliphatic rings. The van der Waals surface area contributed by atoms with Crippen molar-refractivity contribution in [2.75, 3.05) is 13.7 Å². The third-order valence-corrected chi connectivity index (χ3v) is 1.37. The Morgan fingerprint density at radius 2 is 2.18 bits per heavy atom. The van der Waals surface area contributed by atoms with E-state index in [1.807, 2.05) is 0 Å². The number of hydrogen-bond donors (Lipinski definition) is 2. The largest absolute Gasteiger partial charge is 0.469 e. The molecule has 4 heteroatoms. The number of aliphatic hydroxyl groups excluding tert-OH is 2. The van der Waals surface area contributed by atoms with Gasteiger partial charge in [-0.2, -0.15) is 0 Å². The van der Waals surface area contributed by atoms with Crippen molar-refractivity contribution in [1.82, 2.24) is 0 Å². The highest BCUT2D eigenvalue weighted by molar-refractivity contribution is 5.69. The number of carbonyl (C=O) groups is 1. The summed E-state index contributed by atoms with van der Waals surface area (Å²) in [7, 11) is 1.31. The predicted molar refractivity (Wildman–Crippen MR) is 39.0 cm³/mol. The second kappa shape index (κ2) is 6.12. The molecule has 1 unspecified atom stereocenters. The zero-order chi connectivity index (χ0) is 8.69. The fraction of sp³-hybridized carbons (Fsp3) is 0.857. The predicted octanol–water partition coefficient (Wildman–Crippen LogP) is -0.317. The highest BCUT2D eigenvalue weighted by atomic mass is 16.5. The van der Waals surface area contributed by atoms with Gasteiger partial charge in [0.15, 0.2) is 0 Å². The van der Waals surface area contributed by atoms with Crippen LogP contribution in [0.4, 0.5) is 0 Å². The van der Waals surface area contributed by atoms with Gasteiger partial charge >= 0.3 is 5.97 Å². The van der Waals surface area contributed by atoms with Gasteiger partial charge in [-0.05, 0) is 12.8 Å². The Morgan fingerprint density at radius 3 is 2.64 bits per heavy atom. The van der Waals surface area contributed by atoms with Crippen molar-refractivity contribution in [1.29, 1.82) is 0 Å². The van der Waals surface area contributed by atoms with Gasteiger partial charge in [-0.15, -0.1) is 0 Å². The molecular weight excluding hydrogens is 148 g/mol. The summed E-state index contributed by atoms with van der Waals surface area (Å²) in [6, 6.07) is 0. The first-order valence-corrected chi connectivity index (χ1v) is 3.56. The summed E-state index contributed by atoms with van der Waals surface area (Å²) in [5.41, 5.74) is 0. The fourth-order valence-electron chi connectivity index (χ4n) is 0.680. The highest BCUT2D eigenvalue weighted by Gasteiger charge is 2.06. The first kappa shape index (κ1) is 10.4. The zero-order valence-electron chi connectivity index (χ0n) is 6.62. The van der Waals surface area contributed by atoms with Crippen LogP contribution in [-0.2, 0) is 9.53 Å². The molecule has 0 aliphatic carbocycles. The van der Waals surface area contributed by atoms with Crippen molar-refractivity contribution in [2.45, 2.75) is 25.4 Å². The lowest BCUT2D eigenvalue weighted by Crippen LogP contribution is -2.11. The Bertz CT molecular complexity index is 113. The van der Waals surface area contributed by atoms with E-state index >= 15 is 0 Å². The lowest BCUT2D eigenvalue weighted by Gasteiger charge is -2.06. The number of methoxy groups -OCH3 is 1. The summed E-state index contributed by atoms with van der Waals surface area (Å²) in [5, 5.41) is 17.4. The van der Waals surface area contributed by atoms with Crippen molar-refractivity contribution in [2.24, 2.45) is 0 Å². The lowest BCUT2D eigenvalue weighted by atomic mass is 10.1. The molecule has 4 nitrogen and oxygen atoms in total. The monoisotopic (exact) mass is 162 g/mol. The van der Waals surface area contributed by atoms with Gasteiger partial charge in [-0.25, -0.2) is 0 Å². The van der Waals surface area contributed by atoms with Crippen LogP contribution in [0.1, 0.15) is 19.3 Å². The van der Waals surface area contributed by atoms with Crippen LogP contribution in [0.5, 0.6) is 0 Å². The fourth-order valence-corrected chi connectivity index (χ4v) is 0.680. The van der Waals surface area contributed by atoms with Crippen molar-refractivity contribution in [3.8, 4) is 0 Å². The van der Waals surface area contributed by atoms with Gasteiger partial charge in [0.25, 0.3) is 0 Å². The maximum absolute atomic E-state index is 10.5. The topological polar surface area (TPSA) is 66.8 Å². The van der Waals surface area contributed by atoms with Crippen LogP contribution in [0.2, 0.25) is 0 Å². The van der Waals surface area contributed by atoms with E-state index in [4.69, 9.17) is 10.2 Å². The minimum atomic E-state index is -0.598. The number of ether oxygens (including phenoxy) is 1.